The molecule has 3 nitrogen and oxygen atoms in total. The highest BCUT2D eigenvalue weighted by atomic mass is 35.5. The summed E-state index contributed by atoms with van der Waals surface area (Å²) in [6.07, 6.45) is 7.60. The number of thiocarbonyl (C=S) groups is 1. The number of amides is 1. The molecule has 22 heavy (non-hydrogen) atoms. The second-order valence-electron chi connectivity index (χ2n) is 5.89. The zero-order chi connectivity index (χ0) is 15.7. The normalized spacial score (nSPS) is 22.0. The number of nitrogens with zero attached hydrogens (tertiary/aromatic N) is 2. The molecule has 2 aliphatic rings. The molecule has 0 bridgehead atoms. The summed E-state index contributed by atoms with van der Waals surface area (Å²) in [6, 6.07) is 7.72. The Kier molecular flexibility index (Phi) is 4.50. The molecule has 1 aromatic carbocycles. The Balaban J connectivity index is 1.87. The van der Waals surface area contributed by atoms with E-state index in [1.807, 2.05) is 47.2 Å². The number of likely N-dealkylation sites (N-methyl/N-ethyl adjacent to an activating group) is 1. The van der Waals surface area contributed by atoms with Crippen LogP contribution in [-0.4, -0.2) is 33.9 Å². The number of hydrogen-bond donors (Lipinski definition) is 0. The Morgan fingerprint density at radius 3 is 2.45 bits per heavy atom. The van der Waals surface area contributed by atoms with E-state index in [-0.39, 0.29) is 11.9 Å². The van der Waals surface area contributed by atoms with Crippen LogP contribution in [0.3, 0.4) is 0 Å². The first-order chi connectivity index (χ1) is 10.6. The Morgan fingerprint density at radius 1 is 1.18 bits per heavy atom. The van der Waals surface area contributed by atoms with Gasteiger partial charge in [-0.1, -0.05) is 43.0 Å². The highest BCUT2D eigenvalue weighted by Crippen LogP contribution is 2.30. The van der Waals surface area contributed by atoms with Crippen molar-refractivity contribution in [1.29, 1.82) is 0 Å². The molecule has 0 unspecified atom stereocenters. The minimum Gasteiger partial charge on any atom is -0.317 e. The zero-order valence-electron chi connectivity index (χ0n) is 12.6. The Hall–Kier alpha value is -1.39. The Bertz CT molecular complexity index is 620. The van der Waals surface area contributed by atoms with E-state index in [0.717, 1.165) is 18.4 Å². The molecule has 5 heteroatoms. The summed E-state index contributed by atoms with van der Waals surface area (Å²) in [5.41, 5.74) is 1.59. The van der Waals surface area contributed by atoms with Crippen molar-refractivity contribution in [2.75, 3.05) is 7.05 Å². The van der Waals surface area contributed by atoms with Gasteiger partial charge in [-0.3, -0.25) is 9.69 Å². The molecular weight excluding hydrogens is 316 g/mol. The van der Waals surface area contributed by atoms with Crippen molar-refractivity contribution in [3.8, 4) is 0 Å². The predicted octanol–water partition coefficient (Wildman–Crippen LogP) is 4.07. The smallest absolute Gasteiger partial charge is 0.277 e. The summed E-state index contributed by atoms with van der Waals surface area (Å²) >= 11 is 11.4. The van der Waals surface area contributed by atoms with Crippen molar-refractivity contribution in [3.63, 3.8) is 0 Å². The van der Waals surface area contributed by atoms with E-state index in [1.54, 1.807) is 0 Å². The summed E-state index contributed by atoms with van der Waals surface area (Å²) in [4.78, 5) is 16.4. The van der Waals surface area contributed by atoms with Crippen LogP contribution in [0, 0.1) is 0 Å². The first-order valence-electron chi connectivity index (χ1n) is 7.66. The van der Waals surface area contributed by atoms with E-state index in [0.29, 0.717) is 15.8 Å². The SMILES string of the molecule is CN1C(=S)N(C2CCCCC2)C(=O)C1=Cc1ccc(Cl)cc1. The number of halogens is 1. The van der Waals surface area contributed by atoms with Gasteiger partial charge in [0.1, 0.15) is 5.70 Å². The second-order valence-corrected chi connectivity index (χ2v) is 6.69. The first-order valence-corrected chi connectivity index (χ1v) is 8.45. The summed E-state index contributed by atoms with van der Waals surface area (Å²) in [6.45, 7) is 0. The number of hydrogen-bond acceptors (Lipinski definition) is 2. The molecule has 1 aliphatic carbocycles. The maximum absolute atomic E-state index is 12.8. The fourth-order valence-electron chi connectivity index (χ4n) is 3.16. The van der Waals surface area contributed by atoms with E-state index in [9.17, 15) is 4.79 Å². The molecule has 1 amide bonds. The molecule has 1 aromatic rings. The average Bonchev–Trinajstić information content (AvgIpc) is 2.74. The second kappa shape index (κ2) is 6.39. The van der Waals surface area contributed by atoms with E-state index in [1.165, 1.54) is 19.3 Å². The van der Waals surface area contributed by atoms with Crippen molar-refractivity contribution in [2.45, 2.75) is 38.1 Å². The van der Waals surface area contributed by atoms with Crippen molar-refractivity contribution in [3.05, 3.63) is 40.5 Å². The highest BCUT2D eigenvalue weighted by molar-refractivity contribution is 7.80. The van der Waals surface area contributed by atoms with Crippen LogP contribution in [0.5, 0.6) is 0 Å². The number of rotatable bonds is 2. The highest BCUT2D eigenvalue weighted by Gasteiger charge is 2.40. The lowest BCUT2D eigenvalue weighted by molar-refractivity contribution is -0.124. The number of carbonyl (C=O) groups excluding carboxylic acids is 1. The van der Waals surface area contributed by atoms with Crippen molar-refractivity contribution in [2.24, 2.45) is 0 Å². The first kappa shape index (κ1) is 15.5. The van der Waals surface area contributed by atoms with Gasteiger partial charge in [-0.15, -0.1) is 0 Å². The largest absolute Gasteiger partial charge is 0.317 e. The Morgan fingerprint density at radius 2 is 1.82 bits per heavy atom. The standard InChI is InChI=1S/C17H19ClN2OS/c1-19-15(11-12-7-9-13(18)10-8-12)16(21)20(17(19)22)14-5-3-2-4-6-14/h7-11,14H,2-6H2,1H3. The van der Waals surface area contributed by atoms with Crippen LogP contribution in [0.25, 0.3) is 6.08 Å². The molecule has 1 saturated heterocycles. The van der Waals surface area contributed by atoms with Crippen molar-refractivity contribution < 1.29 is 4.79 Å². The summed E-state index contributed by atoms with van der Waals surface area (Å²) in [5, 5.41) is 1.31. The fourth-order valence-corrected chi connectivity index (χ4v) is 3.61. The lowest BCUT2D eigenvalue weighted by atomic mass is 9.94. The topological polar surface area (TPSA) is 23.6 Å². The third kappa shape index (κ3) is 2.90. The molecule has 0 spiro atoms. The predicted molar refractivity (Wildman–Crippen MR) is 93.5 cm³/mol. The van der Waals surface area contributed by atoms with Gasteiger partial charge in [0, 0.05) is 18.1 Å². The average molecular weight is 335 g/mol. The number of benzene rings is 1. The van der Waals surface area contributed by atoms with Crippen molar-refractivity contribution in [1.82, 2.24) is 9.80 Å². The van der Waals surface area contributed by atoms with Gasteiger partial charge >= 0.3 is 0 Å². The van der Waals surface area contributed by atoms with E-state index >= 15 is 0 Å². The maximum atomic E-state index is 12.8. The molecule has 0 radical (unpaired) electrons. The molecule has 0 N–H and O–H groups in total. The van der Waals surface area contributed by atoms with Gasteiger partial charge in [-0.05, 0) is 48.8 Å². The van der Waals surface area contributed by atoms with Crippen LogP contribution >= 0.6 is 23.8 Å². The van der Waals surface area contributed by atoms with Gasteiger partial charge in [-0.2, -0.15) is 0 Å². The summed E-state index contributed by atoms with van der Waals surface area (Å²) in [5.74, 6) is 0.0225. The van der Waals surface area contributed by atoms with Crippen LogP contribution in [0.2, 0.25) is 5.02 Å². The summed E-state index contributed by atoms with van der Waals surface area (Å²) in [7, 11) is 1.87. The quantitative estimate of drug-likeness (QED) is 0.601. The molecule has 1 saturated carbocycles. The van der Waals surface area contributed by atoms with Crippen LogP contribution in [-0.2, 0) is 4.79 Å². The van der Waals surface area contributed by atoms with Gasteiger partial charge in [-0.25, -0.2) is 0 Å². The molecule has 3 rings (SSSR count). The zero-order valence-corrected chi connectivity index (χ0v) is 14.2. The molecule has 0 atom stereocenters. The maximum Gasteiger partial charge on any atom is 0.277 e. The van der Waals surface area contributed by atoms with Crippen LogP contribution in [0.4, 0.5) is 0 Å². The minimum atomic E-state index is 0.0225. The lowest BCUT2D eigenvalue weighted by Gasteiger charge is -2.30. The Labute approximate surface area is 141 Å². The van der Waals surface area contributed by atoms with Gasteiger partial charge in [0.05, 0.1) is 0 Å². The molecule has 2 fully saturated rings. The molecular formula is C17H19ClN2OS. The minimum absolute atomic E-state index is 0.0225. The van der Waals surface area contributed by atoms with Gasteiger partial charge < -0.3 is 4.90 Å². The lowest BCUT2D eigenvalue weighted by Crippen LogP contribution is -2.41. The third-order valence-corrected chi connectivity index (χ3v) is 5.13. The molecule has 1 heterocycles. The van der Waals surface area contributed by atoms with E-state index in [4.69, 9.17) is 23.8 Å². The van der Waals surface area contributed by atoms with Gasteiger partial charge in [0.15, 0.2) is 5.11 Å². The number of carbonyl (C=O) groups is 1. The molecule has 0 aromatic heterocycles. The monoisotopic (exact) mass is 334 g/mol. The van der Waals surface area contributed by atoms with E-state index < -0.39 is 0 Å². The van der Waals surface area contributed by atoms with Crippen molar-refractivity contribution >= 4 is 40.9 Å². The fraction of sp³-hybridized carbons (Fsp3) is 0.412. The molecule has 1 aliphatic heterocycles. The van der Waals surface area contributed by atoms with Crippen LogP contribution < -0.4 is 0 Å². The van der Waals surface area contributed by atoms with Crippen LogP contribution in [0.1, 0.15) is 37.7 Å². The molecule has 116 valence electrons. The van der Waals surface area contributed by atoms with Gasteiger partial charge in [0.25, 0.3) is 5.91 Å². The van der Waals surface area contributed by atoms with Gasteiger partial charge in [0.2, 0.25) is 0 Å². The van der Waals surface area contributed by atoms with E-state index in [2.05, 4.69) is 0 Å². The van der Waals surface area contributed by atoms with Crippen LogP contribution in [0.15, 0.2) is 30.0 Å². The third-order valence-electron chi connectivity index (χ3n) is 4.41. The summed E-state index contributed by atoms with van der Waals surface area (Å²) < 4.78 is 0.